The van der Waals surface area contributed by atoms with Crippen LogP contribution < -0.4 is 15.5 Å². The highest BCUT2D eigenvalue weighted by molar-refractivity contribution is 5.79. The topological polar surface area (TPSA) is 39.7 Å². The lowest BCUT2D eigenvalue weighted by Crippen LogP contribution is -2.52. The molecule has 0 spiro atoms. The van der Waals surface area contributed by atoms with E-state index in [-0.39, 0.29) is 6.17 Å². The zero-order valence-electron chi connectivity index (χ0n) is 17.1. The van der Waals surface area contributed by atoms with Crippen molar-refractivity contribution in [1.29, 1.82) is 0 Å². The molecule has 4 nitrogen and oxygen atoms in total. The van der Waals surface area contributed by atoms with Crippen molar-refractivity contribution in [3.05, 3.63) is 70.5 Å². The predicted octanol–water partition coefficient (Wildman–Crippen LogP) is 4.92. The Bertz CT molecular complexity index is 913. The molecule has 1 unspecified atom stereocenters. The first kappa shape index (κ1) is 18.6. The Kier molecular flexibility index (Phi) is 5.38. The van der Waals surface area contributed by atoms with E-state index in [0.29, 0.717) is 0 Å². The Hall–Kier alpha value is -2.75. The van der Waals surface area contributed by atoms with Gasteiger partial charge in [-0.3, -0.25) is 0 Å². The molecular weight excluding hydrogens is 344 g/mol. The Balaban J connectivity index is 1.58. The average molecular weight is 375 g/mol. The van der Waals surface area contributed by atoms with Gasteiger partial charge in [0.05, 0.1) is 29.6 Å². The first-order chi connectivity index (χ1) is 13.7. The maximum Gasteiger partial charge on any atom is 0.143 e. The fourth-order valence-electron chi connectivity index (χ4n) is 4.23. The summed E-state index contributed by atoms with van der Waals surface area (Å²) in [5.74, 6) is 0. The fourth-order valence-corrected chi connectivity index (χ4v) is 4.23. The van der Waals surface area contributed by atoms with E-state index in [1.54, 1.807) is 6.34 Å². The zero-order chi connectivity index (χ0) is 19.5. The van der Waals surface area contributed by atoms with E-state index in [1.165, 1.54) is 33.6 Å². The van der Waals surface area contributed by atoms with Crippen LogP contribution in [0.25, 0.3) is 0 Å². The lowest BCUT2D eigenvalue weighted by atomic mass is 9.99. The molecule has 2 aromatic carbocycles. The fraction of sp³-hybridized carbons (Fsp3) is 0.375. The number of fused-ring (bicyclic) bond motifs is 2. The summed E-state index contributed by atoms with van der Waals surface area (Å²) in [7, 11) is 0. The monoisotopic (exact) mass is 374 g/mol. The highest BCUT2D eigenvalue weighted by Gasteiger charge is 2.31. The van der Waals surface area contributed by atoms with E-state index in [9.17, 15) is 0 Å². The van der Waals surface area contributed by atoms with Crippen LogP contribution in [0.4, 0.5) is 11.4 Å². The number of nitrogens with one attached hydrogen (secondary N) is 2. The summed E-state index contributed by atoms with van der Waals surface area (Å²) in [6.45, 7) is 7.63. The Morgan fingerprint density at radius 1 is 1.11 bits per heavy atom. The predicted molar refractivity (Wildman–Crippen MR) is 119 cm³/mol. The second kappa shape index (κ2) is 8.09. The zero-order valence-corrected chi connectivity index (χ0v) is 17.1. The van der Waals surface area contributed by atoms with E-state index in [4.69, 9.17) is 0 Å². The van der Waals surface area contributed by atoms with Crippen LogP contribution in [0.15, 0.2) is 53.3 Å². The molecule has 146 valence electrons. The number of rotatable bonds is 6. The van der Waals surface area contributed by atoms with Crippen molar-refractivity contribution in [3.63, 3.8) is 0 Å². The lowest BCUT2D eigenvalue weighted by Gasteiger charge is -2.42. The highest BCUT2D eigenvalue weighted by Crippen LogP contribution is 2.38. The number of benzene rings is 2. The number of aryl methyl sites for hydroxylation is 4. The third kappa shape index (κ3) is 3.77. The van der Waals surface area contributed by atoms with Crippen molar-refractivity contribution in [2.75, 3.05) is 16.8 Å². The van der Waals surface area contributed by atoms with Gasteiger partial charge in [-0.25, -0.2) is 4.99 Å². The van der Waals surface area contributed by atoms with Crippen LogP contribution in [0.3, 0.4) is 0 Å². The Morgan fingerprint density at radius 2 is 2.00 bits per heavy atom. The summed E-state index contributed by atoms with van der Waals surface area (Å²) in [6, 6.07) is 13.5. The van der Waals surface area contributed by atoms with Crippen molar-refractivity contribution in [1.82, 2.24) is 5.32 Å². The SMILES string of the molecule is CCCc1cc2c(cc1C)N(CCCc1cccc(C)c1)C1NC=NC=C1N2. The van der Waals surface area contributed by atoms with Crippen molar-refractivity contribution in [2.45, 2.75) is 52.6 Å². The number of nitrogens with zero attached hydrogens (tertiary/aromatic N) is 2. The van der Waals surface area contributed by atoms with Gasteiger partial charge in [-0.05, 0) is 61.9 Å². The smallest absolute Gasteiger partial charge is 0.143 e. The average Bonchev–Trinajstić information content (AvgIpc) is 2.69. The molecule has 2 aromatic rings. The van der Waals surface area contributed by atoms with Gasteiger partial charge in [0, 0.05) is 6.54 Å². The van der Waals surface area contributed by atoms with Crippen LogP contribution in [-0.2, 0) is 12.8 Å². The Morgan fingerprint density at radius 3 is 2.82 bits per heavy atom. The van der Waals surface area contributed by atoms with Crippen molar-refractivity contribution in [2.24, 2.45) is 4.99 Å². The molecule has 0 aromatic heterocycles. The largest absolute Gasteiger partial charge is 0.353 e. The van der Waals surface area contributed by atoms with Gasteiger partial charge in [-0.1, -0.05) is 43.2 Å². The van der Waals surface area contributed by atoms with E-state index in [1.807, 2.05) is 6.20 Å². The van der Waals surface area contributed by atoms with E-state index in [2.05, 4.69) is 77.7 Å². The maximum absolute atomic E-state index is 4.30. The maximum atomic E-state index is 4.30. The van der Waals surface area contributed by atoms with Gasteiger partial charge in [0.1, 0.15) is 6.17 Å². The molecule has 0 saturated carbocycles. The lowest BCUT2D eigenvalue weighted by molar-refractivity contribution is 0.597. The summed E-state index contributed by atoms with van der Waals surface area (Å²) in [5.41, 5.74) is 9.16. The van der Waals surface area contributed by atoms with Crippen LogP contribution in [0.1, 0.15) is 42.0 Å². The first-order valence-corrected chi connectivity index (χ1v) is 10.4. The molecule has 1 atom stereocenters. The Labute approximate surface area is 168 Å². The minimum Gasteiger partial charge on any atom is -0.353 e. The van der Waals surface area contributed by atoms with Gasteiger partial charge < -0.3 is 15.5 Å². The third-order valence-electron chi connectivity index (χ3n) is 5.64. The normalized spacial score (nSPS) is 17.3. The highest BCUT2D eigenvalue weighted by atomic mass is 15.3. The molecule has 2 aliphatic rings. The molecule has 2 aliphatic heterocycles. The van der Waals surface area contributed by atoms with E-state index >= 15 is 0 Å². The molecule has 0 amide bonds. The van der Waals surface area contributed by atoms with E-state index < -0.39 is 0 Å². The van der Waals surface area contributed by atoms with Crippen LogP contribution in [0, 0.1) is 13.8 Å². The number of anilines is 2. The quantitative estimate of drug-likeness (QED) is 0.754. The minimum atomic E-state index is 0.124. The summed E-state index contributed by atoms with van der Waals surface area (Å²) in [4.78, 5) is 6.78. The summed E-state index contributed by atoms with van der Waals surface area (Å²) < 4.78 is 0. The van der Waals surface area contributed by atoms with Crippen LogP contribution in [-0.4, -0.2) is 19.0 Å². The van der Waals surface area contributed by atoms with Crippen molar-refractivity contribution >= 4 is 17.7 Å². The molecule has 2 heterocycles. The number of hydrogen-bond donors (Lipinski definition) is 2. The van der Waals surface area contributed by atoms with E-state index in [0.717, 1.165) is 37.9 Å². The number of aliphatic imine (C=N–C) groups is 1. The van der Waals surface area contributed by atoms with Crippen molar-refractivity contribution in [3.8, 4) is 0 Å². The molecule has 0 bridgehead atoms. The van der Waals surface area contributed by atoms with Gasteiger partial charge >= 0.3 is 0 Å². The van der Waals surface area contributed by atoms with Crippen LogP contribution in [0.5, 0.6) is 0 Å². The molecular formula is C24H30N4. The standard InChI is InChI=1S/C24H30N4/c1-4-7-20-14-21-23(13-18(20)3)28(24-22(27-21)15-25-16-26-24)11-6-10-19-9-5-8-17(2)12-19/h5,8-9,12-16,24,27H,4,6-7,10-11H2,1-3H3,(H,25,26). The molecule has 4 rings (SSSR count). The molecule has 28 heavy (non-hydrogen) atoms. The van der Waals surface area contributed by atoms with Crippen LogP contribution in [0.2, 0.25) is 0 Å². The number of hydrogen-bond acceptors (Lipinski definition) is 4. The van der Waals surface area contributed by atoms with Crippen LogP contribution >= 0.6 is 0 Å². The third-order valence-corrected chi connectivity index (χ3v) is 5.64. The molecule has 0 aliphatic carbocycles. The molecule has 0 radical (unpaired) electrons. The summed E-state index contributed by atoms with van der Waals surface area (Å²) in [5, 5.41) is 7.05. The van der Waals surface area contributed by atoms with Gasteiger partial charge in [-0.2, -0.15) is 0 Å². The van der Waals surface area contributed by atoms with Gasteiger partial charge in [-0.15, -0.1) is 0 Å². The molecule has 2 N–H and O–H groups in total. The summed E-state index contributed by atoms with van der Waals surface area (Å²) >= 11 is 0. The van der Waals surface area contributed by atoms with Crippen molar-refractivity contribution < 1.29 is 0 Å². The second-order valence-electron chi connectivity index (χ2n) is 7.89. The van der Waals surface area contributed by atoms with Gasteiger partial charge in [0.25, 0.3) is 0 Å². The molecule has 0 saturated heterocycles. The molecule has 0 fully saturated rings. The first-order valence-electron chi connectivity index (χ1n) is 10.4. The van der Waals surface area contributed by atoms with Gasteiger partial charge in [0.15, 0.2) is 0 Å². The molecule has 4 heteroatoms. The van der Waals surface area contributed by atoms with Gasteiger partial charge in [0.2, 0.25) is 0 Å². The second-order valence-corrected chi connectivity index (χ2v) is 7.89. The summed E-state index contributed by atoms with van der Waals surface area (Å²) in [6.07, 6.45) is 8.35. The minimum absolute atomic E-state index is 0.124.